The van der Waals surface area contributed by atoms with Gasteiger partial charge in [-0.05, 0) is 40.3 Å². The molecule has 0 amide bonds. The van der Waals surface area contributed by atoms with Crippen molar-refractivity contribution in [2.24, 2.45) is 0 Å². The molecule has 0 aliphatic heterocycles. The first-order valence-electron chi connectivity index (χ1n) is 5.10. The second-order valence-electron chi connectivity index (χ2n) is 3.95. The number of aromatic nitrogens is 1. The van der Waals surface area contributed by atoms with Gasteiger partial charge in [-0.3, -0.25) is 9.34 Å². The minimum absolute atomic E-state index is 0.447. The molecule has 86 valence electrons. The SMILES string of the molecule is CN(C)P(c1nc2ccccc2s1)N(C)C. The number of para-hydroxylation sites is 1. The average molecular weight is 253 g/mol. The van der Waals surface area contributed by atoms with E-state index in [4.69, 9.17) is 4.98 Å². The van der Waals surface area contributed by atoms with Gasteiger partial charge in [0, 0.05) is 0 Å². The van der Waals surface area contributed by atoms with Crippen LogP contribution in [0, 0.1) is 0 Å². The summed E-state index contributed by atoms with van der Waals surface area (Å²) in [5, 5.41) is 0. The van der Waals surface area contributed by atoms with E-state index in [1.807, 2.05) is 6.07 Å². The van der Waals surface area contributed by atoms with Crippen LogP contribution in [-0.4, -0.2) is 42.5 Å². The summed E-state index contributed by atoms with van der Waals surface area (Å²) in [6.07, 6.45) is 0. The predicted octanol–water partition coefficient (Wildman–Crippen LogP) is 2.36. The Morgan fingerprint density at radius 3 is 2.25 bits per heavy atom. The van der Waals surface area contributed by atoms with E-state index in [1.165, 1.54) is 9.45 Å². The van der Waals surface area contributed by atoms with Gasteiger partial charge in [0.05, 0.1) is 10.2 Å². The fourth-order valence-electron chi connectivity index (χ4n) is 1.65. The minimum atomic E-state index is -0.447. The molecule has 0 saturated heterocycles. The highest BCUT2D eigenvalue weighted by atomic mass is 32.1. The van der Waals surface area contributed by atoms with E-state index in [1.54, 1.807) is 11.3 Å². The molecule has 3 nitrogen and oxygen atoms in total. The van der Waals surface area contributed by atoms with Gasteiger partial charge >= 0.3 is 0 Å². The van der Waals surface area contributed by atoms with Gasteiger partial charge < -0.3 is 0 Å². The molecule has 0 atom stereocenters. The molecular weight excluding hydrogens is 237 g/mol. The van der Waals surface area contributed by atoms with Gasteiger partial charge in [0.1, 0.15) is 13.0 Å². The number of rotatable bonds is 3. The Labute approximate surface area is 102 Å². The number of nitrogens with zero attached hydrogens (tertiary/aromatic N) is 3. The van der Waals surface area contributed by atoms with Crippen LogP contribution in [-0.2, 0) is 0 Å². The van der Waals surface area contributed by atoms with Gasteiger partial charge in [-0.2, -0.15) is 0 Å². The molecule has 1 heterocycles. The molecule has 0 bridgehead atoms. The molecule has 0 spiro atoms. The van der Waals surface area contributed by atoms with Crippen LogP contribution in [0.15, 0.2) is 24.3 Å². The number of benzene rings is 1. The highest BCUT2D eigenvalue weighted by molar-refractivity contribution is 7.68. The quantitative estimate of drug-likeness (QED) is 0.783. The van der Waals surface area contributed by atoms with E-state index in [0.717, 1.165) is 5.52 Å². The zero-order valence-corrected chi connectivity index (χ0v) is 11.7. The van der Waals surface area contributed by atoms with Gasteiger partial charge in [-0.25, -0.2) is 4.98 Å². The maximum Gasteiger partial charge on any atom is 0.147 e. The number of hydrogen-bond acceptors (Lipinski definition) is 4. The lowest BCUT2D eigenvalue weighted by atomic mass is 10.3. The molecule has 0 aliphatic carbocycles. The molecule has 0 aliphatic rings. The Morgan fingerprint density at radius 1 is 1.06 bits per heavy atom. The van der Waals surface area contributed by atoms with Crippen LogP contribution < -0.4 is 4.75 Å². The summed E-state index contributed by atoms with van der Waals surface area (Å²) in [4.78, 5) is 4.72. The van der Waals surface area contributed by atoms with Crippen molar-refractivity contribution in [2.45, 2.75) is 0 Å². The van der Waals surface area contributed by atoms with Gasteiger partial charge in [-0.1, -0.05) is 12.1 Å². The van der Waals surface area contributed by atoms with E-state index in [2.05, 4.69) is 55.7 Å². The van der Waals surface area contributed by atoms with Crippen LogP contribution >= 0.6 is 19.6 Å². The number of thiazole rings is 1. The summed E-state index contributed by atoms with van der Waals surface area (Å²) in [5.41, 5.74) is 1.11. The van der Waals surface area contributed by atoms with Crippen LogP contribution in [0.3, 0.4) is 0 Å². The Kier molecular flexibility index (Phi) is 3.55. The van der Waals surface area contributed by atoms with Crippen molar-refractivity contribution in [3.05, 3.63) is 24.3 Å². The van der Waals surface area contributed by atoms with Crippen molar-refractivity contribution >= 4 is 34.5 Å². The van der Waals surface area contributed by atoms with Crippen molar-refractivity contribution in [3.63, 3.8) is 0 Å². The summed E-state index contributed by atoms with van der Waals surface area (Å²) in [6.45, 7) is 0. The van der Waals surface area contributed by atoms with E-state index >= 15 is 0 Å². The minimum Gasteiger partial charge on any atom is -0.271 e. The third kappa shape index (κ3) is 2.25. The molecule has 0 N–H and O–H groups in total. The Hall–Kier alpha value is -0.540. The van der Waals surface area contributed by atoms with Gasteiger partial charge in [-0.15, -0.1) is 11.3 Å². The molecule has 0 unspecified atom stereocenters. The molecule has 1 aromatic carbocycles. The van der Waals surface area contributed by atoms with Crippen molar-refractivity contribution < 1.29 is 0 Å². The summed E-state index contributed by atoms with van der Waals surface area (Å²) in [5.74, 6) is 0. The first kappa shape index (κ1) is 11.9. The first-order chi connectivity index (χ1) is 7.59. The van der Waals surface area contributed by atoms with E-state index in [-0.39, 0.29) is 0 Å². The lowest BCUT2D eigenvalue weighted by molar-refractivity contribution is 0.584. The zero-order valence-electron chi connectivity index (χ0n) is 10.0. The summed E-state index contributed by atoms with van der Waals surface area (Å²) >= 11 is 1.80. The highest BCUT2D eigenvalue weighted by Gasteiger charge is 2.20. The van der Waals surface area contributed by atoms with E-state index in [9.17, 15) is 0 Å². The monoisotopic (exact) mass is 253 g/mol. The van der Waals surface area contributed by atoms with Crippen LogP contribution in [0.4, 0.5) is 0 Å². The van der Waals surface area contributed by atoms with E-state index < -0.39 is 8.22 Å². The largest absolute Gasteiger partial charge is 0.271 e. The lowest BCUT2D eigenvalue weighted by Crippen LogP contribution is -2.24. The normalized spacial score (nSPS) is 12.2. The number of fused-ring (bicyclic) bond motifs is 1. The Morgan fingerprint density at radius 2 is 1.69 bits per heavy atom. The van der Waals surface area contributed by atoms with Gasteiger partial charge in [0.15, 0.2) is 0 Å². The lowest BCUT2D eigenvalue weighted by Gasteiger charge is -2.27. The molecular formula is C11H16N3PS. The third-order valence-electron chi connectivity index (χ3n) is 2.21. The third-order valence-corrected chi connectivity index (χ3v) is 5.77. The second kappa shape index (κ2) is 4.76. The van der Waals surface area contributed by atoms with Crippen LogP contribution in [0.2, 0.25) is 0 Å². The maximum absolute atomic E-state index is 4.72. The molecule has 5 heteroatoms. The second-order valence-corrected chi connectivity index (χ2v) is 7.88. The standard InChI is InChI=1S/C11H16N3PS/c1-13(2)15(14(3)4)11-12-9-7-5-6-8-10(9)16-11/h5-8H,1-4H3. The maximum atomic E-state index is 4.72. The van der Waals surface area contributed by atoms with Crippen molar-refractivity contribution in [3.8, 4) is 0 Å². The highest BCUT2D eigenvalue weighted by Crippen LogP contribution is 2.40. The Bertz CT molecular complexity index is 440. The van der Waals surface area contributed by atoms with Crippen molar-refractivity contribution in [1.29, 1.82) is 0 Å². The van der Waals surface area contributed by atoms with Gasteiger partial charge in [0.2, 0.25) is 0 Å². The molecule has 1 aromatic heterocycles. The Balaban J connectivity index is 2.45. The smallest absolute Gasteiger partial charge is 0.147 e. The van der Waals surface area contributed by atoms with Crippen molar-refractivity contribution in [2.75, 3.05) is 28.2 Å². The predicted molar refractivity (Wildman–Crippen MR) is 73.5 cm³/mol. The molecule has 16 heavy (non-hydrogen) atoms. The summed E-state index contributed by atoms with van der Waals surface area (Å²) < 4.78 is 6.97. The molecule has 2 aromatic rings. The average Bonchev–Trinajstić information content (AvgIpc) is 2.58. The summed E-state index contributed by atoms with van der Waals surface area (Å²) in [6, 6.07) is 8.32. The van der Waals surface area contributed by atoms with Crippen LogP contribution in [0.5, 0.6) is 0 Å². The fraction of sp³-hybridized carbons (Fsp3) is 0.364. The van der Waals surface area contributed by atoms with Crippen LogP contribution in [0.1, 0.15) is 0 Å². The molecule has 0 saturated carbocycles. The topological polar surface area (TPSA) is 19.4 Å². The fourth-order valence-corrected chi connectivity index (χ4v) is 5.55. The van der Waals surface area contributed by atoms with Crippen molar-refractivity contribution in [1.82, 2.24) is 14.3 Å². The first-order valence-corrected chi connectivity index (χ1v) is 7.16. The number of hydrogen-bond donors (Lipinski definition) is 0. The molecule has 0 radical (unpaired) electrons. The van der Waals surface area contributed by atoms with Crippen LogP contribution in [0.25, 0.3) is 10.2 Å². The summed E-state index contributed by atoms with van der Waals surface area (Å²) in [7, 11) is 7.99. The zero-order chi connectivity index (χ0) is 11.7. The van der Waals surface area contributed by atoms with Gasteiger partial charge in [0.25, 0.3) is 0 Å². The van der Waals surface area contributed by atoms with E-state index in [0.29, 0.717) is 0 Å². The molecule has 2 rings (SSSR count). The molecule has 0 fully saturated rings.